The quantitative estimate of drug-likeness (QED) is 0.0863. The molecule has 3 aromatic carbocycles. The van der Waals surface area contributed by atoms with Crippen LogP contribution in [0.25, 0.3) is 0 Å². The van der Waals surface area contributed by atoms with Crippen molar-refractivity contribution < 1.29 is 33.0 Å². The summed E-state index contributed by atoms with van der Waals surface area (Å²) in [6.07, 6.45) is -4.41. The van der Waals surface area contributed by atoms with Crippen molar-refractivity contribution in [3.63, 3.8) is 0 Å². The van der Waals surface area contributed by atoms with E-state index in [4.69, 9.17) is 23.1 Å². The third-order valence-corrected chi connectivity index (χ3v) is 21.7. The van der Waals surface area contributed by atoms with Gasteiger partial charge in [0.25, 0.3) is 5.56 Å². The molecule has 4 aromatic rings. The molecule has 1 aromatic heterocycles. The Morgan fingerprint density at radius 2 is 1.22 bits per heavy atom. The molecular weight excluding hydrogens is 831 g/mol. The average Bonchev–Trinajstić information content (AvgIpc) is 3.51. The van der Waals surface area contributed by atoms with Crippen LogP contribution in [-0.2, 0) is 42.8 Å². The first-order valence-corrected chi connectivity index (χ1v) is 27.7. The van der Waals surface area contributed by atoms with Crippen molar-refractivity contribution in [2.75, 3.05) is 7.11 Å². The van der Waals surface area contributed by atoms with Gasteiger partial charge in [-0.15, -0.1) is 0 Å². The zero-order valence-corrected chi connectivity index (χ0v) is 41.9. The minimum absolute atomic E-state index is 0.00637. The summed E-state index contributed by atoms with van der Waals surface area (Å²) in [4.78, 5) is 45.0. The van der Waals surface area contributed by atoms with E-state index in [1.165, 1.54) is 16.8 Å². The summed E-state index contributed by atoms with van der Waals surface area (Å²) in [7, 11) is -3.87. The van der Waals surface area contributed by atoms with Gasteiger partial charge in [0, 0.05) is 25.4 Å². The van der Waals surface area contributed by atoms with Crippen LogP contribution in [0.1, 0.15) is 85.2 Å². The van der Waals surface area contributed by atoms with Crippen molar-refractivity contribution in [3.05, 3.63) is 135 Å². The van der Waals surface area contributed by atoms with Crippen molar-refractivity contribution in [3.8, 4) is 5.75 Å². The molecule has 0 radical (unpaired) electrons. The van der Waals surface area contributed by atoms with E-state index in [1.807, 2.05) is 65.6 Å². The molecule has 63 heavy (non-hydrogen) atoms. The summed E-state index contributed by atoms with van der Waals surface area (Å²) in [6, 6.07) is 26.8. The van der Waals surface area contributed by atoms with Gasteiger partial charge < -0.3 is 28.2 Å². The Bertz CT molecular complexity index is 2200. The third kappa shape index (κ3) is 12.2. The van der Waals surface area contributed by atoms with Crippen molar-refractivity contribution in [1.82, 2.24) is 14.0 Å². The van der Waals surface area contributed by atoms with Gasteiger partial charge in [-0.25, -0.2) is 4.79 Å². The zero-order chi connectivity index (χ0) is 46.7. The fourth-order valence-corrected chi connectivity index (χ4v) is 9.76. The first-order chi connectivity index (χ1) is 29.2. The molecule has 0 bridgehead atoms. The highest BCUT2D eigenvalue weighted by molar-refractivity contribution is 6.74. The Labute approximate surface area is 376 Å². The van der Waals surface area contributed by atoms with E-state index >= 15 is 0 Å². The molecule has 1 aliphatic rings. The van der Waals surface area contributed by atoms with Crippen LogP contribution in [0, 0.1) is 0 Å². The number of hydrogen-bond donors (Lipinski definition) is 1. The normalized spacial score (nSPS) is 19.8. The number of aliphatic hydroxyl groups is 1. The molecule has 0 aliphatic carbocycles. The van der Waals surface area contributed by atoms with Crippen molar-refractivity contribution in [2.24, 2.45) is 0 Å². The molecule has 1 saturated heterocycles. The van der Waals surface area contributed by atoms with Crippen LogP contribution in [0.3, 0.4) is 0 Å². The van der Waals surface area contributed by atoms with Gasteiger partial charge in [-0.05, 0) is 85.9 Å². The lowest BCUT2D eigenvalue weighted by Gasteiger charge is -2.45. The lowest BCUT2D eigenvalue weighted by atomic mass is 9.97. The molecule has 0 unspecified atom stereocenters. The van der Waals surface area contributed by atoms with Crippen LogP contribution in [-0.4, -0.2) is 84.9 Å². The number of methoxy groups -OCH3 is 1. The Morgan fingerprint density at radius 3 is 1.68 bits per heavy atom. The molecule has 1 aliphatic heterocycles. The van der Waals surface area contributed by atoms with Crippen molar-refractivity contribution in [2.45, 2.75) is 160 Å². The van der Waals surface area contributed by atoms with E-state index in [9.17, 15) is 19.5 Å². The number of esters is 1. The van der Waals surface area contributed by atoms with Crippen molar-refractivity contribution in [1.29, 1.82) is 0 Å². The standard InChI is InChI=1S/C49H71N3O9Si2/c1-47(2,3)59-45(55)39(50(31-34-21-17-15-18-22-34)32-35-23-19-16-20-24-35)40(54)41-42(60-62(11,12)48(4,5)6)43(61-63(13,14)49(7,8)9)44(58-41)51-30-29-38(53)52(46(51)56)33-36-25-27-37(57-10)28-26-36/h15-30,39-44,54H,31-33H2,1-14H3/t39-,40-,41+,42-,43-,44+/m0/s1. The topological polar surface area (TPSA) is 131 Å². The Balaban J connectivity index is 1.74. The van der Waals surface area contributed by atoms with E-state index in [0.717, 1.165) is 21.3 Å². The minimum atomic E-state index is -2.73. The molecule has 14 heteroatoms. The van der Waals surface area contributed by atoms with Gasteiger partial charge in [-0.2, -0.15) is 0 Å². The number of rotatable bonds is 16. The molecule has 5 rings (SSSR count). The van der Waals surface area contributed by atoms with Crippen LogP contribution in [0.15, 0.2) is 107 Å². The molecule has 6 atom stereocenters. The molecule has 344 valence electrons. The van der Waals surface area contributed by atoms with Gasteiger partial charge in [-0.1, -0.05) is 114 Å². The lowest BCUT2D eigenvalue weighted by molar-refractivity contribution is -0.175. The van der Waals surface area contributed by atoms with E-state index in [0.29, 0.717) is 18.8 Å². The summed E-state index contributed by atoms with van der Waals surface area (Å²) in [5, 5.41) is 12.6. The maximum Gasteiger partial charge on any atom is 0.333 e. The smallest absolute Gasteiger partial charge is 0.333 e. The van der Waals surface area contributed by atoms with Gasteiger partial charge >= 0.3 is 11.7 Å². The van der Waals surface area contributed by atoms with E-state index in [2.05, 4.69) is 67.7 Å². The number of carbonyl (C=O) groups excluding carboxylic acids is 1. The van der Waals surface area contributed by atoms with Crippen LogP contribution in [0.2, 0.25) is 36.3 Å². The highest BCUT2D eigenvalue weighted by Gasteiger charge is 2.58. The van der Waals surface area contributed by atoms with E-state index in [1.54, 1.807) is 52.1 Å². The number of aliphatic hydroxyl groups excluding tert-OH is 1. The van der Waals surface area contributed by atoms with Crippen LogP contribution in [0.5, 0.6) is 5.75 Å². The number of benzene rings is 3. The first-order valence-electron chi connectivity index (χ1n) is 21.9. The second-order valence-corrected chi connectivity index (χ2v) is 30.3. The fraction of sp³-hybridized carbons (Fsp3) is 0.531. The maximum absolute atomic E-state index is 14.8. The maximum atomic E-state index is 14.8. The molecule has 0 spiro atoms. The van der Waals surface area contributed by atoms with Crippen molar-refractivity contribution >= 4 is 22.6 Å². The summed E-state index contributed by atoms with van der Waals surface area (Å²) < 4.78 is 35.8. The van der Waals surface area contributed by atoms with Gasteiger partial charge in [0.15, 0.2) is 22.9 Å². The highest BCUT2D eigenvalue weighted by atomic mass is 28.4. The van der Waals surface area contributed by atoms with Crippen LogP contribution in [0.4, 0.5) is 0 Å². The fourth-order valence-electron chi connectivity index (χ4n) is 7.18. The molecule has 0 saturated carbocycles. The number of ether oxygens (including phenoxy) is 3. The summed E-state index contributed by atoms with van der Waals surface area (Å²) in [5.41, 5.74) is 0.581. The number of aromatic nitrogens is 2. The monoisotopic (exact) mass is 901 g/mol. The Morgan fingerprint density at radius 1 is 0.730 bits per heavy atom. The second-order valence-electron chi connectivity index (χ2n) is 20.8. The van der Waals surface area contributed by atoms with Crippen LogP contribution >= 0.6 is 0 Å². The predicted molar refractivity (Wildman–Crippen MR) is 253 cm³/mol. The lowest BCUT2D eigenvalue weighted by Crippen LogP contribution is -2.59. The number of nitrogens with zero attached hydrogens (tertiary/aromatic N) is 3. The Kier molecular flexibility index (Phi) is 15.4. The summed E-state index contributed by atoms with van der Waals surface area (Å²) in [6.45, 7) is 27.2. The summed E-state index contributed by atoms with van der Waals surface area (Å²) in [5.74, 6) is 0.0155. The SMILES string of the molecule is COc1ccc(Cn2c(=O)ccn([C@@H]3O[C@H]([C@@H](O)[C@@H](C(=O)OC(C)(C)C)N(Cc4ccccc4)Cc4ccccc4)[C@H](O[Si](C)(C)C(C)(C)C)[C@@H]3O[Si](C)(C)C(C)(C)C)c2=O)cc1. The molecular formula is C49H71N3O9Si2. The highest BCUT2D eigenvalue weighted by Crippen LogP contribution is 2.46. The largest absolute Gasteiger partial charge is 0.497 e. The van der Waals surface area contributed by atoms with Gasteiger partial charge in [-0.3, -0.25) is 23.6 Å². The molecule has 12 nitrogen and oxygen atoms in total. The van der Waals surface area contributed by atoms with Crippen LogP contribution < -0.4 is 16.0 Å². The average molecular weight is 902 g/mol. The van der Waals surface area contributed by atoms with E-state index < -0.39 is 76.1 Å². The molecule has 0 amide bonds. The molecule has 2 heterocycles. The third-order valence-electron chi connectivity index (χ3n) is 12.7. The van der Waals surface area contributed by atoms with Gasteiger partial charge in [0.2, 0.25) is 0 Å². The Hall–Kier alpha value is -4.16. The molecule has 1 N–H and O–H groups in total. The number of carbonyl (C=O) groups is 1. The predicted octanol–water partition coefficient (Wildman–Crippen LogP) is 8.52. The van der Waals surface area contributed by atoms with E-state index in [-0.39, 0.29) is 16.6 Å². The van der Waals surface area contributed by atoms with Gasteiger partial charge in [0.1, 0.15) is 41.8 Å². The van der Waals surface area contributed by atoms with Gasteiger partial charge in [0.05, 0.1) is 13.7 Å². The first kappa shape index (κ1) is 49.9. The number of hydrogen-bond acceptors (Lipinski definition) is 10. The summed E-state index contributed by atoms with van der Waals surface area (Å²) >= 11 is 0. The second kappa shape index (κ2) is 19.5. The zero-order valence-electron chi connectivity index (χ0n) is 39.9. The molecule has 1 fully saturated rings. The minimum Gasteiger partial charge on any atom is -0.497 e.